The predicted octanol–water partition coefficient (Wildman–Crippen LogP) is 5.92. The molecule has 0 aliphatic rings. The average molecular weight is 378 g/mol. The van der Waals surface area contributed by atoms with Gasteiger partial charge in [0.25, 0.3) is 0 Å². The molecule has 3 nitrogen and oxygen atoms in total. The summed E-state index contributed by atoms with van der Waals surface area (Å²) in [7, 11) is 0. The van der Waals surface area contributed by atoms with Crippen LogP contribution in [-0.2, 0) is 12.4 Å². The minimum atomic E-state index is -4.82. The van der Waals surface area contributed by atoms with Gasteiger partial charge in [-0.1, -0.05) is 24.3 Å². The quantitative estimate of drug-likeness (QED) is 0.370. The molecule has 0 bridgehead atoms. The van der Waals surface area contributed by atoms with Gasteiger partial charge in [0.2, 0.25) is 0 Å². The summed E-state index contributed by atoms with van der Waals surface area (Å²) in [6, 6.07) is 6.48. The Hall–Kier alpha value is -2.71. The van der Waals surface area contributed by atoms with Gasteiger partial charge in [0.1, 0.15) is 22.6 Å². The van der Waals surface area contributed by atoms with Crippen molar-refractivity contribution in [2.45, 2.75) is 26.2 Å². The van der Waals surface area contributed by atoms with Crippen molar-refractivity contribution in [2.75, 3.05) is 0 Å². The van der Waals surface area contributed by atoms with Gasteiger partial charge in [0, 0.05) is 0 Å². The van der Waals surface area contributed by atoms with Crippen molar-refractivity contribution in [3.63, 3.8) is 0 Å². The molecule has 0 heterocycles. The second kappa shape index (κ2) is 6.89. The van der Waals surface area contributed by atoms with Gasteiger partial charge in [-0.2, -0.15) is 26.3 Å². The number of halogens is 6. The summed E-state index contributed by atoms with van der Waals surface area (Å²) < 4.78 is 87.5. The smallest absolute Gasteiger partial charge is 0.394 e. The van der Waals surface area contributed by atoms with Crippen LogP contribution in [0.3, 0.4) is 0 Å². The van der Waals surface area contributed by atoms with Crippen LogP contribution < -0.4 is 9.47 Å². The van der Waals surface area contributed by atoms with E-state index < -0.39 is 41.1 Å². The Morgan fingerprint density at radius 2 is 1.08 bits per heavy atom. The minimum absolute atomic E-state index is 0.214. The summed E-state index contributed by atoms with van der Waals surface area (Å²) in [4.78, 5) is 11.8. The van der Waals surface area contributed by atoms with Crippen LogP contribution >= 0.6 is 0 Å². The summed E-state index contributed by atoms with van der Waals surface area (Å²) in [5.74, 6) is -1.72. The van der Waals surface area contributed by atoms with Crippen LogP contribution in [0.5, 0.6) is 11.5 Å². The van der Waals surface area contributed by atoms with Crippen LogP contribution in [-0.4, -0.2) is 6.16 Å². The number of alkyl halides is 6. The van der Waals surface area contributed by atoms with E-state index in [-0.39, 0.29) is 11.1 Å². The number of carbonyl (C=O) groups is 1. The molecule has 2 rings (SSSR count). The number of benzene rings is 2. The monoisotopic (exact) mass is 378 g/mol. The highest BCUT2D eigenvalue weighted by Gasteiger charge is 2.38. The molecule has 0 N–H and O–H groups in total. The van der Waals surface area contributed by atoms with Crippen LogP contribution in [0.15, 0.2) is 36.4 Å². The van der Waals surface area contributed by atoms with Gasteiger partial charge in [-0.15, -0.1) is 0 Å². The molecule has 2 aromatic carbocycles. The molecule has 0 unspecified atom stereocenters. The third-order valence-corrected chi connectivity index (χ3v) is 3.42. The third-order valence-electron chi connectivity index (χ3n) is 3.42. The fourth-order valence-electron chi connectivity index (χ4n) is 2.38. The van der Waals surface area contributed by atoms with Crippen LogP contribution in [0.25, 0.3) is 0 Å². The van der Waals surface area contributed by atoms with E-state index in [0.717, 1.165) is 38.1 Å². The predicted molar refractivity (Wildman–Crippen MR) is 79.0 cm³/mol. The third kappa shape index (κ3) is 4.27. The van der Waals surface area contributed by atoms with Gasteiger partial charge in [0.05, 0.1) is 0 Å². The van der Waals surface area contributed by atoms with Crippen LogP contribution in [0.1, 0.15) is 22.3 Å². The van der Waals surface area contributed by atoms with Crippen molar-refractivity contribution in [3.05, 3.63) is 58.7 Å². The number of carbonyl (C=O) groups excluding carboxylic acids is 1. The topological polar surface area (TPSA) is 35.5 Å². The lowest BCUT2D eigenvalue weighted by atomic mass is 10.1. The lowest BCUT2D eigenvalue weighted by Crippen LogP contribution is -2.20. The van der Waals surface area contributed by atoms with E-state index in [1.807, 2.05) is 0 Å². The molecule has 0 aliphatic heterocycles. The summed E-state index contributed by atoms with van der Waals surface area (Å²) in [6.45, 7) is 2.31. The number of hydrogen-bond acceptors (Lipinski definition) is 3. The zero-order chi connectivity index (χ0) is 19.7. The van der Waals surface area contributed by atoms with E-state index >= 15 is 0 Å². The molecule has 0 aliphatic carbocycles. The fraction of sp³-hybridized carbons (Fsp3) is 0.235. The van der Waals surface area contributed by atoms with Crippen molar-refractivity contribution >= 4 is 6.16 Å². The Morgan fingerprint density at radius 1 is 0.731 bits per heavy atom. The first-order valence-electron chi connectivity index (χ1n) is 7.14. The maximum atomic E-state index is 13.1. The Bertz CT molecular complexity index is 757. The van der Waals surface area contributed by atoms with Crippen LogP contribution in [0.2, 0.25) is 0 Å². The maximum absolute atomic E-state index is 13.1. The first-order valence-corrected chi connectivity index (χ1v) is 7.14. The SMILES string of the molecule is Cc1cccc(OC(=O)Oc2cccc(C)c2C(F)(F)F)c1C(F)(F)F. The minimum Gasteiger partial charge on any atom is -0.394 e. The zero-order valence-electron chi connectivity index (χ0n) is 13.5. The molecule has 140 valence electrons. The second-order valence-electron chi connectivity index (χ2n) is 5.35. The number of hydrogen-bond donors (Lipinski definition) is 0. The van der Waals surface area contributed by atoms with Crippen LogP contribution in [0.4, 0.5) is 31.1 Å². The lowest BCUT2D eigenvalue weighted by Gasteiger charge is -2.17. The Kier molecular flexibility index (Phi) is 5.20. The number of aryl methyl sites for hydroxylation is 2. The molecule has 9 heteroatoms. The van der Waals surface area contributed by atoms with E-state index in [1.54, 1.807) is 0 Å². The molecule has 0 radical (unpaired) electrons. The molecular weight excluding hydrogens is 366 g/mol. The highest BCUT2D eigenvalue weighted by atomic mass is 19.4. The fourth-order valence-corrected chi connectivity index (χ4v) is 2.38. The Balaban J connectivity index is 2.33. The molecule has 0 fully saturated rings. The van der Waals surface area contributed by atoms with Gasteiger partial charge in [-0.3, -0.25) is 0 Å². The van der Waals surface area contributed by atoms with E-state index in [4.69, 9.17) is 0 Å². The zero-order valence-corrected chi connectivity index (χ0v) is 13.5. The normalized spacial score (nSPS) is 12.0. The summed E-state index contributed by atoms with van der Waals surface area (Å²) >= 11 is 0. The first kappa shape index (κ1) is 19.6. The lowest BCUT2D eigenvalue weighted by molar-refractivity contribution is -0.139. The molecule has 0 aromatic heterocycles. The molecule has 0 spiro atoms. The largest absolute Gasteiger partial charge is 0.519 e. The van der Waals surface area contributed by atoms with E-state index in [1.165, 1.54) is 12.1 Å². The average Bonchev–Trinajstić information content (AvgIpc) is 2.44. The van der Waals surface area contributed by atoms with E-state index in [9.17, 15) is 31.1 Å². The van der Waals surface area contributed by atoms with E-state index in [0.29, 0.717) is 0 Å². The highest BCUT2D eigenvalue weighted by Crippen LogP contribution is 2.40. The number of rotatable bonds is 2. The van der Waals surface area contributed by atoms with Crippen molar-refractivity contribution in [1.82, 2.24) is 0 Å². The molecule has 0 amide bonds. The first-order chi connectivity index (χ1) is 11.9. The summed E-state index contributed by atoms with van der Waals surface area (Å²) in [6.07, 6.45) is -11.3. The van der Waals surface area contributed by atoms with Gasteiger partial charge < -0.3 is 9.47 Å². The van der Waals surface area contributed by atoms with Gasteiger partial charge in [0.15, 0.2) is 0 Å². The summed E-state index contributed by atoms with van der Waals surface area (Å²) in [5, 5.41) is 0. The second-order valence-corrected chi connectivity index (χ2v) is 5.35. The molecular formula is C17H12F6O3. The van der Waals surface area contributed by atoms with Crippen molar-refractivity contribution in [1.29, 1.82) is 0 Å². The summed E-state index contributed by atoms with van der Waals surface area (Å²) in [5.41, 5.74) is -2.85. The standard InChI is InChI=1S/C17H12F6O3/c1-9-5-3-7-11(13(9)16(18,19)20)25-15(24)26-12-8-4-6-10(2)14(12)17(21,22)23/h3-8H,1-2H3. The number of ether oxygens (including phenoxy) is 2. The van der Waals surface area contributed by atoms with Crippen molar-refractivity contribution in [3.8, 4) is 11.5 Å². The van der Waals surface area contributed by atoms with Crippen LogP contribution in [0, 0.1) is 13.8 Å². The van der Waals surface area contributed by atoms with Gasteiger partial charge in [-0.05, 0) is 37.1 Å². The Labute approximate surface area is 144 Å². The maximum Gasteiger partial charge on any atom is 0.519 e. The highest BCUT2D eigenvalue weighted by molar-refractivity contribution is 5.69. The van der Waals surface area contributed by atoms with E-state index in [2.05, 4.69) is 9.47 Å². The van der Waals surface area contributed by atoms with Gasteiger partial charge in [-0.25, -0.2) is 4.79 Å². The molecule has 2 aromatic rings. The van der Waals surface area contributed by atoms with Gasteiger partial charge >= 0.3 is 18.5 Å². The molecule has 0 atom stereocenters. The molecule has 0 saturated carbocycles. The Morgan fingerprint density at radius 3 is 1.38 bits per heavy atom. The molecule has 0 saturated heterocycles. The molecule has 26 heavy (non-hydrogen) atoms. The van der Waals surface area contributed by atoms with Crippen molar-refractivity contribution in [2.24, 2.45) is 0 Å². The van der Waals surface area contributed by atoms with Crippen molar-refractivity contribution < 1.29 is 40.6 Å².